The molecule has 0 bridgehead atoms. The number of rotatable bonds is 4. The van der Waals surface area contributed by atoms with Crippen molar-refractivity contribution in [2.45, 2.75) is 72.8 Å². The van der Waals surface area contributed by atoms with Crippen LogP contribution in [0.1, 0.15) is 25.7 Å². The zero-order valence-electron chi connectivity index (χ0n) is 15.6. The Kier molecular flexibility index (Phi) is 0.672. The summed E-state index contributed by atoms with van der Waals surface area (Å²) in [5.41, 5.74) is 3.24. The molecule has 10 saturated heterocycles. The summed E-state index contributed by atoms with van der Waals surface area (Å²) in [6.07, 6.45) is 11.1. The van der Waals surface area contributed by atoms with Crippen LogP contribution < -0.4 is 0 Å². The standard InChI is InChI=1S/C17H15N2O4.C5H5.Fe/c20-18(21)16-10-3-1-6-14(16)12-8-5-9-13(12)15-7-2-4-11-17(15)19(22)23;1-2-4-5-3-1;/h3-5,8-11H,1-2,6-7H2;1-5H;. The molecular formula is C22H20FeN2O4. The molecule has 0 N–H and O–H groups in total. The molecule has 4 atom stereocenters. The molecule has 6 nitrogen and oxygen atoms in total. The second-order valence-corrected chi connectivity index (χ2v) is 37.1. The summed E-state index contributed by atoms with van der Waals surface area (Å²) >= 11 is 0. The fraction of sp³-hybridized carbons (Fsp3) is 0.636. The van der Waals surface area contributed by atoms with E-state index in [2.05, 4.69) is 0 Å². The van der Waals surface area contributed by atoms with Crippen molar-refractivity contribution >= 4 is 0 Å². The van der Waals surface area contributed by atoms with E-state index in [4.69, 9.17) is 0 Å². The predicted octanol–water partition coefficient (Wildman–Crippen LogP) is 5.88. The van der Waals surface area contributed by atoms with E-state index in [0.29, 0.717) is 11.4 Å². The number of fused-ring (bicyclic) bond motifs is 10. The van der Waals surface area contributed by atoms with Crippen molar-refractivity contribution in [1.29, 1.82) is 0 Å². The van der Waals surface area contributed by atoms with Crippen LogP contribution in [-0.2, 0) is 6.51 Å². The van der Waals surface area contributed by atoms with Gasteiger partial charge >= 0.3 is 156 Å². The Labute approximate surface area is 156 Å². The molecule has 12 rings (SSSR count). The molecule has 0 aromatic carbocycles. The van der Waals surface area contributed by atoms with Crippen LogP contribution in [0.3, 0.4) is 0 Å². The first-order valence-electron chi connectivity index (χ1n) is 11.1. The van der Waals surface area contributed by atoms with E-state index in [-0.39, 0.29) is 18.5 Å². The summed E-state index contributed by atoms with van der Waals surface area (Å²) in [5, 5.41) is 24.2. The molecule has 0 aromatic rings. The van der Waals surface area contributed by atoms with Gasteiger partial charge in [0.1, 0.15) is 0 Å². The van der Waals surface area contributed by atoms with Gasteiger partial charge in [-0.15, -0.1) is 0 Å². The summed E-state index contributed by atoms with van der Waals surface area (Å²) in [4.78, 5) is 31.4. The van der Waals surface area contributed by atoms with Crippen molar-refractivity contribution in [3.05, 3.63) is 67.1 Å². The Morgan fingerprint density at radius 1 is 0.759 bits per heavy atom. The normalized spacial score (nSPS) is 82.6. The van der Waals surface area contributed by atoms with Crippen LogP contribution in [0.15, 0.2) is 46.8 Å². The number of hydrogen-bond acceptors (Lipinski definition) is 4. The van der Waals surface area contributed by atoms with Crippen LogP contribution in [0.25, 0.3) is 0 Å². The minimum absolute atomic E-state index is 0.117. The second kappa shape index (κ2) is 1.52. The monoisotopic (exact) mass is 432 g/mol. The molecule has 0 radical (unpaired) electrons. The van der Waals surface area contributed by atoms with Gasteiger partial charge in [0.25, 0.3) is 0 Å². The van der Waals surface area contributed by atoms with Gasteiger partial charge in [-0.1, -0.05) is 0 Å². The average molecular weight is 432 g/mol. The van der Waals surface area contributed by atoms with Gasteiger partial charge in [-0.3, -0.25) is 0 Å². The van der Waals surface area contributed by atoms with Crippen molar-refractivity contribution in [2.75, 3.05) is 0 Å². The Morgan fingerprint density at radius 3 is 1.48 bits per heavy atom. The average Bonchev–Trinajstić information content (AvgIpc) is 3.67. The Morgan fingerprint density at radius 2 is 1.17 bits per heavy atom. The van der Waals surface area contributed by atoms with Crippen LogP contribution in [0.2, 0.25) is 47.2 Å². The van der Waals surface area contributed by atoms with Gasteiger partial charge in [0.2, 0.25) is 0 Å². The Hall–Kier alpha value is -1.72. The summed E-state index contributed by atoms with van der Waals surface area (Å²) < 4.78 is 0.252. The molecule has 0 saturated carbocycles. The maximum atomic E-state index is 12.1. The molecule has 2 aliphatic carbocycles. The van der Waals surface area contributed by atoms with Crippen molar-refractivity contribution in [3.8, 4) is 0 Å². The molecule has 12 aliphatic rings. The van der Waals surface area contributed by atoms with E-state index in [1.54, 1.807) is 12.2 Å². The second-order valence-electron chi connectivity index (χ2n) is 13.9. The molecule has 0 aromatic heterocycles. The third-order valence-corrected chi connectivity index (χ3v) is 61.3. The SMILES string of the molecule is O=[N+]([O-])C1=C([C]23[CH]4[CH]5[CH]6[C]2(C2=C([N+](=O)[O-])C=CCC2)[Fe]54632789[CH]3[CH]2[CH]7[CH]8[CH]39)CCC=C1. The topological polar surface area (TPSA) is 86.3 Å². The van der Waals surface area contributed by atoms with Crippen molar-refractivity contribution in [2.24, 2.45) is 0 Å². The molecular weight excluding hydrogens is 412 g/mol. The molecule has 1 spiro atoms. The van der Waals surface area contributed by atoms with Crippen LogP contribution in [0.5, 0.6) is 0 Å². The van der Waals surface area contributed by atoms with Crippen molar-refractivity contribution < 1.29 is 16.4 Å². The van der Waals surface area contributed by atoms with Crippen LogP contribution in [-0.4, -0.2) is 9.85 Å². The molecule has 10 fully saturated rings. The molecule has 4 unspecified atom stereocenters. The first-order chi connectivity index (χ1) is 13.8. The fourth-order valence-corrected chi connectivity index (χ4v) is 97.3. The van der Waals surface area contributed by atoms with Gasteiger partial charge in [-0.05, 0) is 0 Å². The quantitative estimate of drug-likeness (QED) is 0.316. The summed E-state index contributed by atoms with van der Waals surface area (Å²) in [6.45, 7) is -4.07. The van der Waals surface area contributed by atoms with Crippen molar-refractivity contribution in [3.63, 3.8) is 0 Å². The molecule has 10 aliphatic heterocycles. The van der Waals surface area contributed by atoms with Crippen molar-refractivity contribution in [1.82, 2.24) is 0 Å². The zero-order chi connectivity index (χ0) is 19.1. The third-order valence-electron chi connectivity index (χ3n) is 18.4. The third kappa shape index (κ3) is 0.217. The Bertz CT molecular complexity index is 1540. The molecule has 7 heteroatoms. The van der Waals surface area contributed by atoms with E-state index in [0.717, 1.165) is 64.2 Å². The van der Waals surface area contributed by atoms with Crippen LogP contribution in [0.4, 0.5) is 0 Å². The van der Waals surface area contributed by atoms with Gasteiger partial charge in [-0.25, -0.2) is 0 Å². The van der Waals surface area contributed by atoms with E-state index >= 15 is 0 Å². The van der Waals surface area contributed by atoms with Gasteiger partial charge in [-0.2, -0.15) is 0 Å². The van der Waals surface area contributed by atoms with Crippen LogP contribution in [0, 0.1) is 20.2 Å². The molecule has 10 heterocycles. The first-order valence-corrected chi connectivity index (χ1v) is 17.3. The minimum atomic E-state index is -4.07. The molecule has 150 valence electrons. The van der Waals surface area contributed by atoms with Gasteiger partial charge in [0.05, 0.1) is 0 Å². The van der Waals surface area contributed by atoms with E-state index in [1.807, 2.05) is 12.2 Å². The van der Waals surface area contributed by atoms with Crippen LogP contribution >= 0.6 is 0 Å². The predicted molar refractivity (Wildman–Crippen MR) is 100 cm³/mol. The number of allylic oxidation sites excluding steroid dienone is 6. The zero-order valence-corrected chi connectivity index (χ0v) is 16.7. The van der Waals surface area contributed by atoms with Gasteiger partial charge in [0.15, 0.2) is 0 Å². The van der Waals surface area contributed by atoms with E-state index in [1.165, 1.54) is 11.1 Å². The molecule has 29 heavy (non-hydrogen) atoms. The molecule has 0 amide bonds. The van der Waals surface area contributed by atoms with Gasteiger partial charge in [0, 0.05) is 0 Å². The number of nitrogens with zero attached hydrogens (tertiary/aromatic N) is 2. The van der Waals surface area contributed by atoms with E-state index < -0.39 is 6.51 Å². The summed E-state index contributed by atoms with van der Waals surface area (Å²) in [6, 6.07) is 0. The maximum absolute atomic E-state index is 12.1. The fourth-order valence-electron chi connectivity index (χ4n) is 20.7. The first kappa shape index (κ1) is 12.9. The summed E-state index contributed by atoms with van der Waals surface area (Å²) in [5.74, 6) is 0. The van der Waals surface area contributed by atoms with E-state index in [9.17, 15) is 20.2 Å². The summed E-state index contributed by atoms with van der Waals surface area (Å²) in [7, 11) is 0. The number of hydrogen-bond donors (Lipinski definition) is 0. The Balaban J connectivity index is 1.33. The number of nitro groups is 2. The van der Waals surface area contributed by atoms with Gasteiger partial charge < -0.3 is 0 Å².